The first-order valence-electron chi connectivity index (χ1n) is 5.48. The molecule has 1 saturated carbocycles. The highest BCUT2D eigenvalue weighted by molar-refractivity contribution is 7.10. The lowest BCUT2D eigenvalue weighted by Crippen LogP contribution is -2.29. The minimum absolute atomic E-state index is 0.0557. The predicted octanol–water partition coefficient (Wildman–Crippen LogP) is 1.37. The van der Waals surface area contributed by atoms with Crippen LogP contribution < -0.4 is 5.32 Å². The Morgan fingerprint density at radius 2 is 1.94 bits per heavy atom. The molecular weight excluding hydrogens is 242 g/mol. The van der Waals surface area contributed by atoms with E-state index in [1.165, 1.54) is 6.20 Å². The van der Waals surface area contributed by atoms with E-state index in [-0.39, 0.29) is 17.7 Å². The number of aliphatic carboxylic acids is 1. The Balaban J connectivity index is 1.84. The summed E-state index contributed by atoms with van der Waals surface area (Å²) >= 11 is 1.13. The first kappa shape index (κ1) is 12.0. The molecular formula is C10H13N3O3S. The molecule has 1 aromatic heterocycles. The standard InChI is InChI=1S/C10H13N3O3S/c14-9(12-8-5-11-13-17-8)6-1-3-7(4-2-6)10(15)16/h5-7H,1-4H2,(H,12,14)(H,15,16). The lowest BCUT2D eigenvalue weighted by molar-refractivity contribution is -0.143. The van der Waals surface area contributed by atoms with E-state index in [2.05, 4.69) is 14.9 Å². The number of carbonyl (C=O) groups excluding carboxylic acids is 1. The molecule has 1 heterocycles. The second kappa shape index (κ2) is 5.22. The van der Waals surface area contributed by atoms with E-state index in [4.69, 9.17) is 5.11 Å². The average Bonchev–Trinajstić information content (AvgIpc) is 2.82. The van der Waals surface area contributed by atoms with Crippen LogP contribution >= 0.6 is 11.5 Å². The molecule has 2 N–H and O–H groups in total. The topological polar surface area (TPSA) is 92.2 Å². The largest absolute Gasteiger partial charge is 0.481 e. The van der Waals surface area contributed by atoms with Crippen molar-refractivity contribution in [2.24, 2.45) is 11.8 Å². The molecule has 0 aliphatic heterocycles. The number of hydrogen-bond donors (Lipinski definition) is 2. The first-order chi connectivity index (χ1) is 8.16. The fourth-order valence-electron chi connectivity index (χ4n) is 2.05. The van der Waals surface area contributed by atoms with Crippen molar-refractivity contribution < 1.29 is 14.7 Å². The minimum Gasteiger partial charge on any atom is -0.481 e. The van der Waals surface area contributed by atoms with Gasteiger partial charge < -0.3 is 10.4 Å². The smallest absolute Gasteiger partial charge is 0.306 e. The van der Waals surface area contributed by atoms with Crippen molar-refractivity contribution in [1.29, 1.82) is 0 Å². The maximum absolute atomic E-state index is 11.8. The third kappa shape index (κ3) is 3.00. The van der Waals surface area contributed by atoms with Gasteiger partial charge in [-0.05, 0) is 25.7 Å². The van der Waals surface area contributed by atoms with E-state index >= 15 is 0 Å². The van der Waals surface area contributed by atoms with Crippen molar-refractivity contribution in [3.63, 3.8) is 0 Å². The fourth-order valence-corrected chi connectivity index (χ4v) is 2.47. The number of nitrogens with one attached hydrogen (secondary N) is 1. The first-order valence-corrected chi connectivity index (χ1v) is 6.25. The Labute approximate surface area is 102 Å². The van der Waals surface area contributed by atoms with Gasteiger partial charge in [0.2, 0.25) is 5.91 Å². The van der Waals surface area contributed by atoms with Gasteiger partial charge in [0.15, 0.2) is 0 Å². The van der Waals surface area contributed by atoms with Gasteiger partial charge >= 0.3 is 5.97 Å². The van der Waals surface area contributed by atoms with Gasteiger partial charge in [-0.3, -0.25) is 9.59 Å². The molecule has 7 heteroatoms. The van der Waals surface area contributed by atoms with Crippen LogP contribution in [0.15, 0.2) is 6.20 Å². The van der Waals surface area contributed by atoms with Crippen LogP contribution in [0.5, 0.6) is 0 Å². The number of rotatable bonds is 3. The predicted molar refractivity (Wildman–Crippen MR) is 61.6 cm³/mol. The number of aromatic nitrogens is 2. The molecule has 0 atom stereocenters. The Bertz CT molecular complexity index is 399. The Kier molecular flexibility index (Phi) is 3.68. The van der Waals surface area contributed by atoms with Crippen LogP contribution in [0.2, 0.25) is 0 Å². The van der Waals surface area contributed by atoms with Crippen LogP contribution in [0.1, 0.15) is 25.7 Å². The molecule has 92 valence electrons. The van der Waals surface area contributed by atoms with Gasteiger partial charge in [0.05, 0.1) is 12.1 Å². The van der Waals surface area contributed by atoms with Gasteiger partial charge in [0, 0.05) is 17.5 Å². The van der Waals surface area contributed by atoms with E-state index in [0.29, 0.717) is 30.7 Å². The highest BCUT2D eigenvalue weighted by atomic mass is 32.1. The number of hydrogen-bond acceptors (Lipinski definition) is 5. The fraction of sp³-hybridized carbons (Fsp3) is 0.600. The summed E-state index contributed by atoms with van der Waals surface area (Å²) in [6, 6.07) is 0. The van der Waals surface area contributed by atoms with Crippen molar-refractivity contribution in [2.75, 3.05) is 5.32 Å². The molecule has 1 amide bonds. The molecule has 0 bridgehead atoms. The molecule has 0 radical (unpaired) electrons. The van der Waals surface area contributed by atoms with Gasteiger partial charge in [-0.25, -0.2) is 0 Å². The summed E-state index contributed by atoms with van der Waals surface area (Å²) in [5.41, 5.74) is 0. The summed E-state index contributed by atoms with van der Waals surface area (Å²) in [7, 11) is 0. The zero-order valence-corrected chi connectivity index (χ0v) is 9.94. The Hall–Kier alpha value is -1.50. The number of amides is 1. The van der Waals surface area contributed by atoms with Crippen LogP contribution in [0, 0.1) is 11.8 Å². The van der Waals surface area contributed by atoms with E-state index in [9.17, 15) is 9.59 Å². The van der Waals surface area contributed by atoms with Crippen molar-refractivity contribution in [2.45, 2.75) is 25.7 Å². The highest BCUT2D eigenvalue weighted by Gasteiger charge is 2.29. The average molecular weight is 255 g/mol. The van der Waals surface area contributed by atoms with E-state index in [0.717, 1.165) is 11.5 Å². The summed E-state index contributed by atoms with van der Waals surface area (Å²) < 4.78 is 3.65. The maximum atomic E-state index is 11.8. The van der Waals surface area contributed by atoms with E-state index < -0.39 is 5.97 Å². The van der Waals surface area contributed by atoms with Gasteiger partial charge in [-0.2, -0.15) is 0 Å². The van der Waals surface area contributed by atoms with Crippen molar-refractivity contribution >= 4 is 28.4 Å². The monoisotopic (exact) mass is 255 g/mol. The van der Waals surface area contributed by atoms with E-state index in [1.807, 2.05) is 0 Å². The lowest BCUT2D eigenvalue weighted by Gasteiger charge is -2.24. The van der Waals surface area contributed by atoms with E-state index in [1.54, 1.807) is 0 Å². The zero-order valence-electron chi connectivity index (χ0n) is 9.13. The van der Waals surface area contributed by atoms with Crippen molar-refractivity contribution in [1.82, 2.24) is 9.59 Å². The highest BCUT2D eigenvalue weighted by Crippen LogP contribution is 2.29. The summed E-state index contributed by atoms with van der Waals surface area (Å²) in [5.74, 6) is -1.19. The second-order valence-electron chi connectivity index (χ2n) is 4.16. The van der Waals surface area contributed by atoms with Crippen LogP contribution in [-0.4, -0.2) is 26.6 Å². The van der Waals surface area contributed by atoms with Crippen LogP contribution in [0.3, 0.4) is 0 Å². The molecule has 2 rings (SSSR count). The summed E-state index contributed by atoms with van der Waals surface area (Å²) in [6.07, 6.45) is 3.93. The second-order valence-corrected chi connectivity index (χ2v) is 4.94. The molecule has 0 saturated heterocycles. The number of carboxylic acid groups (broad SMARTS) is 1. The van der Waals surface area contributed by atoms with Crippen molar-refractivity contribution in [3.8, 4) is 0 Å². The third-order valence-electron chi connectivity index (χ3n) is 3.05. The van der Waals surface area contributed by atoms with Crippen molar-refractivity contribution in [3.05, 3.63) is 6.20 Å². The zero-order chi connectivity index (χ0) is 12.3. The summed E-state index contributed by atoms with van der Waals surface area (Å²) in [5, 5.41) is 15.9. The molecule has 1 aromatic rings. The maximum Gasteiger partial charge on any atom is 0.306 e. The summed E-state index contributed by atoms with van der Waals surface area (Å²) in [4.78, 5) is 22.6. The molecule has 0 unspecified atom stereocenters. The normalized spacial score (nSPS) is 24.2. The number of anilines is 1. The molecule has 1 aliphatic rings. The van der Waals surface area contributed by atoms with Gasteiger partial charge in [-0.15, -0.1) is 5.10 Å². The molecule has 1 fully saturated rings. The van der Waals surface area contributed by atoms with Gasteiger partial charge in [0.25, 0.3) is 0 Å². The van der Waals surface area contributed by atoms with Gasteiger partial charge in [-0.1, -0.05) is 4.49 Å². The number of carboxylic acids is 1. The lowest BCUT2D eigenvalue weighted by atomic mass is 9.81. The minimum atomic E-state index is -0.754. The quantitative estimate of drug-likeness (QED) is 0.851. The molecule has 0 aromatic carbocycles. The molecule has 17 heavy (non-hydrogen) atoms. The van der Waals surface area contributed by atoms with Crippen LogP contribution in [0.25, 0.3) is 0 Å². The Morgan fingerprint density at radius 3 is 2.47 bits per heavy atom. The molecule has 0 spiro atoms. The Morgan fingerprint density at radius 1 is 1.29 bits per heavy atom. The SMILES string of the molecule is O=C(O)C1CCC(C(=O)Nc2cnns2)CC1. The molecule has 6 nitrogen and oxygen atoms in total. The summed E-state index contributed by atoms with van der Waals surface area (Å²) in [6.45, 7) is 0. The number of nitrogens with zero attached hydrogens (tertiary/aromatic N) is 2. The molecule has 1 aliphatic carbocycles. The van der Waals surface area contributed by atoms with Crippen LogP contribution in [-0.2, 0) is 9.59 Å². The van der Waals surface area contributed by atoms with Gasteiger partial charge in [0.1, 0.15) is 5.00 Å². The third-order valence-corrected chi connectivity index (χ3v) is 3.64. The number of carbonyl (C=O) groups is 2. The van der Waals surface area contributed by atoms with Crippen LogP contribution in [0.4, 0.5) is 5.00 Å².